The highest BCUT2D eigenvalue weighted by Crippen LogP contribution is 2.23. The lowest BCUT2D eigenvalue weighted by atomic mass is 10.1. The van der Waals surface area contributed by atoms with Crippen LogP contribution in [0.25, 0.3) is 11.3 Å². The fourth-order valence-corrected chi connectivity index (χ4v) is 2.45. The van der Waals surface area contributed by atoms with Crippen LogP contribution in [0.1, 0.15) is 12.7 Å². The molecule has 0 aliphatic heterocycles. The minimum absolute atomic E-state index is 0.0124. The molecule has 1 aromatic heterocycles. The summed E-state index contributed by atoms with van der Waals surface area (Å²) in [4.78, 5) is 34.4. The van der Waals surface area contributed by atoms with E-state index in [1.807, 2.05) is 6.07 Å². The van der Waals surface area contributed by atoms with Gasteiger partial charge in [0.15, 0.2) is 18.1 Å². The molecule has 1 heterocycles. The topological polar surface area (TPSA) is 122 Å². The number of ether oxygens (including phenoxy) is 2. The second-order valence-electron chi connectivity index (χ2n) is 4.78. The highest BCUT2D eigenvalue weighted by molar-refractivity contribution is 8.13. The first kappa shape index (κ1) is 18.8. The fourth-order valence-electron chi connectivity index (χ4n) is 1.85. The summed E-state index contributed by atoms with van der Waals surface area (Å²) in [7, 11) is 0. The highest BCUT2D eigenvalue weighted by Gasteiger charge is 2.19. The highest BCUT2D eigenvalue weighted by atomic mass is 32.2. The Kier molecular flexibility index (Phi) is 6.84. The molecule has 2 rings (SSSR count). The third kappa shape index (κ3) is 5.50. The molecule has 0 saturated carbocycles. The number of hydrogen-bond acceptors (Lipinski definition) is 9. The zero-order valence-corrected chi connectivity index (χ0v) is 14.2. The maximum atomic E-state index is 11.7. The first-order chi connectivity index (χ1) is 12.0. The molecule has 0 fully saturated rings. The van der Waals surface area contributed by atoms with Gasteiger partial charge in [0.1, 0.15) is 6.04 Å². The Labute approximate surface area is 147 Å². The first-order valence-electron chi connectivity index (χ1n) is 7.41. The molecular weight excluding hydrogens is 350 g/mol. The lowest BCUT2D eigenvalue weighted by molar-refractivity contribution is -0.144. The normalized spacial score (nSPS) is 11.8. The van der Waals surface area contributed by atoms with Crippen molar-refractivity contribution in [3.8, 4) is 11.3 Å². The van der Waals surface area contributed by atoms with E-state index in [0.717, 1.165) is 11.8 Å². The van der Waals surface area contributed by atoms with Gasteiger partial charge in [0.2, 0.25) is 0 Å². The van der Waals surface area contributed by atoms with Crippen LogP contribution in [0.4, 0.5) is 4.79 Å². The quantitative estimate of drug-likeness (QED) is 0.733. The number of thioether (sulfide) groups is 1. The number of carbonyl (C=O) groups excluding carboxylic acids is 2. The Hall–Kier alpha value is -2.52. The van der Waals surface area contributed by atoms with Gasteiger partial charge in [0.05, 0.1) is 6.61 Å². The van der Waals surface area contributed by atoms with Crippen molar-refractivity contribution in [3.63, 3.8) is 0 Å². The van der Waals surface area contributed by atoms with Gasteiger partial charge in [0.25, 0.3) is 0 Å². The van der Waals surface area contributed by atoms with Crippen molar-refractivity contribution in [1.29, 1.82) is 0 Å². The molecule has 1 atom stereocenters. The standard InChI is InChI=1S/C16H17NO7S/c1-2-21-14(18)11(17)9-25-16(20)22-8-12-13(24-15(19)23-12)10-6-4-3-5-7-10/h3-7,11H,2,8-9,17H2,1H3/t11-/m0/s1. The monoisotopic (exact) mass is 367 g/mol. The van der Waals surface area contributed by atoms with Crippen molar-refractivity contribution in [2.45, 2.75) is 19.6 Å². The van der Waals surface area contributed by atoms with Crippen LogP contribution in [0, 0.1) is 0 Å². The Bertz CT molecular complexity index is 768. The van der Waals surface area contributed by atoms with Gasteiger partial charge >= 0.3 is 17.1 Å². The molecule has 1 aromatic carbocycles. The largest absolute Gasteiger partial charge is 0.519 e. The van der Waals surface area contributed by atoms with Crippen LogP contribution in [0.15, 0.2) is 44.0 Å². The molecular formula is C16H17NO7S. The third-order valence-corrected chi connectivity index (χ3v) is 3.85. The van der Waals surface area contributed by atoms with E-state index in [2.05, 4.69) is 0 Å². The lowest BCUT2D eigenvalue weighted by Gasteiger charge is -2.09. The molecule has 9 heteroatoms. The number of hydrogen-bond donors (Lipinski definition) is 1. The van der Waals surface area contributed by atoms with Crippen molar-refractivity contribution in [2.75, 3.05) is 12.4 Å². The summed E-state index contributed by atoms with van der Waals surface area (Å²) in [6, 6.07) is 7.88. The summed E-state index contributed by atoms with van der Waals surface area (Å²) in [5, 5.41) is -0.664. The summed E-state index contributed by atoms with van der Waals surface area (Å²) in [5.41, 5.74) is 6.21. The fraction of sp³-hybridized carbons (Fsp3) is 0.312. The van der Waals surface area contributed by atoms with Crippen LogP contribution in [0.2, 0.25) is 0 Å². The van der Waals surface area contributed by atoms with E-state index in [-0.39, 0.29) is 30.5 Å². The average Bonchev–Trinajstić information content (AvgIpc) is 2.99. The predicted octanol–water partition coefficient (Wildman–Crippen LogP) is 2.16. The first-order valence-corrected chi connectivity index (χ1v) is 8.39. The van der Waals surface area contributed by atoms with Gasteiger partial charge in [-0.1, -0.05) is 30.3 Å². The van der Waals surface area contributed by atoms with Gasteiger partial charge in [-0.15, -0.1) is 0 Å². The maximum absolute atomic E-state index is 11.7. The number of nitrogens with two attached hydrogens (primary N) is 1. The molecule has 0 radical (unpaired) electrons. The minimum atomic E-state index is -0.927. The van der Waals surface area contributed by atoms with Gasteiger partial charge < -0.3 is 24.0 Å². The number of carbonyl (C=O) groups is 2. The van der Waals surface area contributed by atoms with Gasteiger partial charge in [-0.2, -0.15) is 0 Å². The van der Waals surface area contributed by atoms with Crippen LogP contribution >= 0.6 is 11.8 Å². The smallest absolute Gasteiger partial charge is 0.465 e. The molecule has 0 spiro atoms. The van der Waals surface area contributed by atoms with Gasteiger partial charge in [-0.25, -0.2) is 9.59 Å². The van der Waals surface area contributed by atoms with Crippen LogP contribution in [-0.2, 0) is 20.9 Å². The van der Waals surface area contributed by atoms with Gasteiger partial charge in [0, 0.05) is 11.3 Å². The number of benzene rings is 1. The van der Waals surface area contributed by atoms with Crippen LogP contribution in [0.5, 0.6) is 0 Å². The van der Waals surface area contributed by atoms with E-state index in [1.165, 1.54) is 0 Å². The molecule has 0 bridgehead atoms. The van der Waals surface area contributed by atoms with E-state index in [4.69, 9.17) is 24.0 Å². The molecule has 8 nitrogen and oxygen atoms in total. The number of esters is 1. The van der Waals surface area contributed by atoms with E-state index in [9.17, 15) is 14.4 Å². The van der Waals surface area contributed by atoms with Crippen LogP contribution < -0.4 is 11.6 Å². The summed E-state index contributed by atoms with van der Waals surface area (Å²) < 4.78 is 19.7. The summed E-state index contributed by atoms with van der Waals surface area (Å²) in [6.45, 7) is 1.59. The molecule has 2 N–H and O–H groups in total. The predicted molar refractivity (Wildman–Crippen MR) is 89.9 cm³/mol. The molecule has 0 aliphatic carbocycles. The Morgan fingerprint density at radius 2 is 1.92 bits per heavy atom. The van der Waals surface area contributed by atoms with Crippen molar-refractivity contribution in [2.24, 2.45) is 5.73 Å². The molecule has 2 aromatic rings. The zero-order chi connectivity index (χ0) is 18.2. The number of rotatable bonds is 7. The maximum Gasteiger partial charge on any atom is 0.519 e. The summed E-state index contributed by atoms with van der Waals surface area (Å²) in [5.74, 6) is -1.17. The Morgan fingerprint density at radius 1 is 1.20 bits per heavy atom. The van der Waals surface area contributed by atoms with Crippen molar-refractivity contribution < 1.29 is 27.9 Å². The van der Waals surface area contributed by atoms with Crippen LogP contribution in [0.3, 0.4) is 0 Å². The van der Waals surface area contributed by atoms with E-state index < -0.39 is 23.1 Å². The van der Waals surface area contributed by atoms with E-state index in [1.54, 1.807) is 31.2 Å². The zero-order valence-electron chi connectivity index (χ0n) is 13.4. The molecule has 0 unspecified atom stereocenters. The van der Waals surface area contributed by atoms with Crippen molar-refractivity contribution in [1.82, 2.24) is 0 Å². The summed E-state index contributed by atoms with van der Waals surface area (Å²) >= 11 is 0.729. The van der Waals surface area contributed by atoms with E-state index in [0.29, 0.717) is 5.56 Å². The Balaban J connectivity index is 1.90. The lowest BCUT2D eigenvalue weighted by Crippen LogP contribution is -2.35. The Morgan fingerprint density at radius 3 is 2.60 bits per heavy atom. The van der Waals surface area contributed by atoms with Crippen molar-refractivity contribution in [3.05, 3.63) is 46.7 Å². The average molecular weight is 367 g/mol. The molecule has 0 amide bonds. The van der Waals surface area contributed by atoms with Crippen LogP contribution in [-0.4, -0.2) is 29.7 Å². The SMILES string of the molecule is CCOC(=O)[C@@H](N)CSC(=O)OCc1oc(=O)oc1-c1ccccc1. The minimum Gasteiger partial charge on any atom is -0.465 e. The molecule has 0 aliphatic rings. The third-order valence-electron chi connectivity index (χ3n) is 2.97. The molecule has 134 valence electrons. The van der Waals surface area contributed by atoms with Gasteiger partial charge in [-0.3, -0.25) is 4.79 Å². The summed E-state index contributed by atoms with van der Waals surface area (Å²) in [6.07, 6.45) is 0. The van der Waals surface area contributed by atoms with Crippen molar-refractivity contribution >= 4 is 23.0 Å². The van der Waals surface area contributed by atoms with E-state index >= 15 is 0 Å². The molecule has 25 heavy (non-hydrogen) atoms. The second kappa shape index (κ2) is 9.09. The molecule has 0 saturated heterocycles. The second-order valence-corrected chi connectivity index (χ2v) is 5.74. The van der Waals surface area contributed by atoms with Gasteiger partial charge in [-0.05, 0) is 18.7 Å².